The summed E-state index contributed by atoms with van der Waals surface area (Å²) in [5, 5.41) is 3.73. The third-order valence-electron chi connectivity index (χ3n) is 3.52. The Kier molecular flexibility index (Phi) is 5.97. The molecule has 3 rings (SSSR count). The van der Waals surface area contributed by atoms with Gasteiger partial charge in [0.25, 0.3) is 5.91 Å². The van der Waals surface area contributed by atoms with E-state index in [1.165, 1.54) is 0 Å². The summed E-state index contributed by atoms with van der Waals surface area (Å²) in [6.07, 6.45) is 0. The van der Waals surface area contributed by atoms with Gasteiger partial charge in [-0.3, -0.25) is 4.79 Å². The smallest absolute Gasteiger partial charge is 0.296 e. The van der Waals surface area contributed by atoms with E-state index in [4.69, 9.17) is 27.8 Å². The largest absolute Gasteiger partial charge is 0.455 e. The van der Waals surface area contributed by atoms with Gasteiger partial charge in [-0.05, 0) is 42.5 Å². The number of benzene rings is 2. The van der Waals surface area contributed by atoms with Gasteiger partial charge in [0.15, 0.2) is 11.7 Å². The molecule has 0 aliphatic rings. The van der Waals surface area contributed by atoms with Crippen molar-refractivity contribution in [3.8, 4) is 11.5 Å². The number of rotatable bonds is 3. The maximum absolute atomic E-state index is 12.2. The lowest BCUT2D eigenvalue weighted by Crippen LogP contribution is -2.28. The van der Waals surface area contributed by atoms with E-state index < -0.39 is 5.91 Å². The van der Waals surface area contributed by atoms with Crippen LogP contribution in [0.5, 0.6) is 11.5 Å². The van der Waals surface area contributed by atoms with Gasteiger partial charge in [0.1, 0.15) is 11.4 Å². The van der Waals surface area contributed by atoms with Crippen molar-refractivity contribution in [2.75, 3.05) is 12.8 Å². The van der Waals surface area contributed by atoms with Crippen molar-refractivity contribution in [2.45, 2.75) is 0 Å². The third kappa shape index (κ3) is 4.01. The second kappa shape index (κ2) is 7.99. The van der Waals surface area contributed by atoms with E-state index in [9.17, 15) is 4.79 Å². The monoisotopic (exact) mass is 393 g/mol. The van der Waals surface area contributed by atoms with E-state index in [2.05, 4.69) is 15.3 Å². The number of carbonyl (C=O) groups is 1. The van der Waals surface area contributed by atoms with Crippen LogP contribution < -0.4 is 21.5 Å². The molecule has 0 aliphatic heterocycles. The van der Waals surface area contributed by atoms with Gasteiger partial charge in [-0.25, -0.2) is 0 Å². The summed E-state index contributed by atoms with van der Waals surface area (Å²) in [6, 6.07) is 12.0. The highest BCUT2D eigenvalue weighted by molar-refractivity contribution is 6.35. The number of guanidine groups is 1. The summed E-state index contributed by atoms with van der Waals surface area (Å²) >= 11 is 6.23. The lowest BCUT2D eigenvalue weighted by molar-refractivity contribution is 0.0998. The number of amides is 1. The molecule has 0 aliphatic carbocycles. The molecule has 0 saturated heterocycles. The topological polar surface area (TPSA) is 119 Å². The highest BCUT2D eigenvalue weighted by Crippen LogP contribution is 2.34. The van der Waals surface area contributed by atoms with Gasteiger partial charge in [0, 0.05) is 18.1 Å². The van der Waals surface area contributed by atoms with Gasteiger partial charge < -0.3 is 26.5 Å². The first-order valence-corrected chi connectivity index (χ1v) is 7.76. The SMILES string of the molecule is CNC(N)=NC(=O)c1cc2c(Cl)ccc(Oc3ccc(N)cc3)c2[nH]1.Cl. The van der Waals surface area contributed by atoms with Gasteiger partial charge in [0.05, 0.1) is 10.5 Å². The fourth-order valence-electron chi connectivity index (χ4n) is 2.25. The first-order chi connectivity index (χ1) is 12.0. The molecule has 136 valence electrons. The van der Waals surface area contributed by atoms with Crippen molar-refractivity contribution in [2.24, 2.45) is 10.7 Å². The standard InChI is InChI=1S/C17H16ClN5O2.ClH/c1-21-17(20)23-16(24)13-8-11-12(18)6-7-14(15(11)22-13)25-10-4-2-9(19)3-5-10;/h2-8,22H,19H2,1H3,(H3,20,21,23,24);1H. The predicted octanol–water partition coefficient (Wildman–Crippen LogP) is 3.29. The van der Waals surface area contributed by atoms with Crippen LogP contribution in [0.4, 0.5) is 5.69 Å². The summed E-state index contributed by atoms with van der Waals surface area (Å²) in [7, 11) is 1.58. The van der Waals surface area contributed by atoms with Gasteiger partial charge in [-0.1, -0.05) is 11.6 Å². The maximum atomic E-state index is 12.2. The van der Waals surface area contributed by atoms with Crippen LogP contribution in [-0.4, -0.2) is 23.9 Å². The highest BCUT2D eigenvalue weighted by atomic mass is 35.5. The number of nitrogens with zero attached hydrogens (tertiary/aromatic N) is 1. The number of halogens is 2. The van der Waals surface area contributed by atoms with E-state index in [1.807, 2.05) is 0 Å². The quantitative estimate of drug-likeness (QED) is 0.309. The predicted molar refractivity (Wildman–Crippen MR) is 106 cm³/mol. The highest BCUT2D eigenvalue weighted by Gasteiger charge is 2.15. The maximum Gasteiger partial charge on any atom is 0.296 e. The summed E-state index contributed by atoms with van der Waals surface area (Å²) < 4.78 is 5.87. The molecule has 0 fully saturated rings. The van der Waals surface area contributed by atoms with Crippen LogP contribution in [0.25, 0.3) is 10.9 Å². The zero-order chi connectivity index (χ0) is 18.0. The molecule has 3 aromatic rings. The Morgan fingerprint density at radius 2 is 1.92 bits per heavy atom. The zero-order valence-corrected chi connectivity index (χ0v) is 15.3. The van der Waals surface area contributed by atoms with Gasteiger partial charge in [-0.15, -0.1) is 12.4 Å². The number of aromatic amines is 1. The molecule has 26 heavy (non-hydrogen) atoms. The minimum absolute atomic E-state index is 0. The number of hydrogen-bond donors (Lipinski definition) is 4. The number of nitrogens with one attached hydrogen (secondary N) is 2. The summed E-state index contributed by atoms with van der Waals surface area (Å²) in [4.78, 5) is 18.9. The van der Waals surface area contributed by atoms with Crippen molar-refractivity contribution in [3.63, 3.8) is 0 Å². The molecule has 1 amide bonds. The van der Waals surface area contributed by atoms with Crippen LogP contribution in [0.1, 0.15) is 10.5 Å². The summed E-state index contributed by atoms with van der Waals surface area (Å²) in [6.45, 7) is 0. The van der Waals surface area contributed by atoms with Crippen LogP contribution in [0, 0.1) is 0 Å². The molecule has 0 saturated carbocycles. The normalized spacial score (nSPS) is 11.1. The number of ether oxygens (including phenoxy) is 1. The second-order valence-corrected chi connectivity index (χ2v) is 5.65. The average Bonchev–Trinajstić information content (AvgIpc) is 3.06. The molecule has 0 atom stereocenters. The molecule has 0 unspecified atom stereocenters. The number of carbonyl (C=O) groups excluding carboxylic acids is 1. The average molecular weight is 394 g/mol. The fourth-order valence-corrected chi connectivity index (χ4v) is 2.46. The van der Waals surface area contributed by atoms with Crippen LogP contribution in [0.3, 0.4) is 0 Å². The third-order valence-corrected chi connectivity index (χ3v) is 3.85. The van der Waals surface area contributed by atoms with Crippen LogP contribution in [-0.2, 0) is 0 Å². The van der Waals surface area contributed by atoms with Gasteiger partial charge >= 0.3 is 0 Å². The Balaban J connectivity index is 0.00000243. The molecule has 6 N–H and O–H groups in total. The molecule has 0 spiro atoms. The first-order valence-electron chi connectivity index (χ1n) is 7.39. The molecular weight excluding hydrogens is 377 g/mol. The number of fused-ring (bicyclic) bond motifs is 1. The number of hydrogen-bond acceptors (Lipinski definition) is 3. The van der Waals surface area contributed by atoms with Crippen LogP contribution in [0.15, 0.2) is 47.5 Å². The number of H-pyrrole nitrogens is 1. The molecule has 0 radical (unpaired) electrons. The molecule has 9 heteroatoms. The Hall–Kier alpha value is -2.90. The second-order valence-electron chi connectivity index (χ2n) is 5.24. The Morgan fingerprint density at radius 3 is 2.58 bits per heavy atom. The Labute approximate surface area is 160 Å². The van der Waals surface area contributed by atoms with Crippen LogP contribution in [0.2, 0.25) is 5.02 Å². The van der Waals surface area contributed by atoms with Crippen LogP contribution >= 0.6 is 24.0 Å². The lowest BCUT2D eigenvalue weighted by Gasteiger charge is -2.07. The number of nitrogen functional groups attached to an aromatic ring is 1. The minimum atomic E-state index is -0.516. The van der Waals surface area contributed by atoms with E-state index in [0.717, 1.165) is 0 Å². The van der Waals surface area contributed by atoms with Crippen molar-refractivity contribution in [1.82, 2.24) is 10.3 Å². The zero-order valence-electron chi connectivity index (χ0n) is 13.7. The molecule has 1 aromatic heterocycles. The molecule has 7 nitrogen and oxygen atoms in total. The summed E-state index contributed by atoms with van der Waals surface area (Å²) in [5.41, 5.74) is 12.7. The summed E-state index contributed by atoms with van der Waals surface area (Å²) in [5.74, 6) is 0.636. The Morgan fingerprint density at radius 1 is 1.23 bits per heavy atom. The fraction of sp³-hybridized carbons (Fsp3) is 0.0588. The van der Waals surface area contributed by atoms with Gasteiger partial charge in [-0.2, -0.15) is 4.99 Å². The number of aliphatic imine (C=N–C) groups is 1. The van der Waals surface area contributed by atoms with Gasteiger partial charge in [0.2, 0.25) is 0 Å². The molecule has 0 bridgehead atoms. The van der Waals surface area contributed by atoms with E-state index in [0.29, 0.717) is 33.1 Å². The Bertz CT molecular complexity index is 967. The van der Waals surface area contributed by atoms with Crippen molar-refractivity contribution in [3.05, 3.63) is 53.2 Å². The molecule has 2 aromatic carbocycles. The first kappa shape index (κ1) is 19.4. The molecular formula is C17H17Cl2N5O2. The number of aromatic nitrogens is 1. The van der Waals surface area contributed by atoms with Crippen molar-refractivity contribution < 1.29 is 9.53 Å². The van der Waals surface area contributed by atoms with E-state index >= 15 is 0 Å². The van der Waals surface area contributed by atoms with E-state index in [-0.39, 0.29) is 24.1 Å². The lowest BCUT2D eigenvalue weighted by atomic mass is 10.2. The molecule has 1 heterocycles. The van der Waals surface area contributed by atoms with E-state index in [1.54, 1.807) is 49.5 Å². The minimum Gasteiger partial charge on any atom is -0.455 e. The van der Waals surface area contributed by atoms with Crippen molar-refractivity contribution in [1.29, 1.82) is 0 Å². The number of anilines is 1. The number of nitrogens with two attached hydrogens (primary N) is 2. The van der Waals surface area contributed by atoms with Crippen molar-refractivity contribution >= 4 is 52.5 Å².